The first kappa shape index (κ1) is 33.8. The lowest BCUT2D eigenvalue weighted by atomic mass is 9.99. The van der Waals surface area contributed by atoms with Gasteiger partial charge in [0, 0.05) is 0 Å². The normalized spacial score (nSPS) is 33.5. The van der Waals surface area contributed by atoms with E-state index in [2.05, 4.69) is 0 Å². The van der Waals surface area contributed by atoms with E-state index >= 15 is 0 Å². The molecule has 43 heavy (non-hydrogen) atoms. The van der Waals surface area contributed by atoms with Crippen LogP contribution in [0.2, 0.25) is 0 Å². The zero-order valence-corrected chi connectivity index (χ0v) is 24.7. The molecule has 2 aromatic rings. The molecule has 2 aliphatic rings. The van der Waals surface area contributed by atoms with Crippen molar-refractivity contribution in [2.24, 2.45) is 0 Å². The first-order chi connectivity index (χ1) is 20.1. The Hall–Kier alpha value is -2.10. The molecule has 2 aliphatic heterocycles. The van der Waals surface area contributed by atoms with E-state index < -0.39 is 94.9 Å². The molecule has 0 aliphatic carbocycles. The Bertz CT molecular complexity index is 1450. The highest BCUT2D eigenvalue weighted by molar-refractivity contribution is 7.87. The fraction of sp³-hybridized carbons (Fsp3) is 0.538. The SMILES string of the molecule is Cc1ccc(S(=O)(=O)OCC2OC(OC3(CO)OC(COS(=O)(=O)c4ccc(C)cc4)C(O)C3O)C(O)C(O)C2O)cc1. The molecular formula is C26H34O15S2. The van der Waals surface area contributed by atoms with Crippen molar-refractivity contribution in [2.75, 3.05) is 19.8 Å². The highest BCUT2D eigenvalue weighted by atomic mass is 32.2. The second kappa shape index (κ2) is 13.1. The molecule has 240 valence electrons. The molecule has 0 spiro atoms. The lowest BCUT2D eigenvalue weighted by molar-refractivity contribution is -0.383. The van der Waals surface area contributed by atoms with Gasteiger partial charge >= 0.3 is 0 Å². The topological polar surface area (TPSA) is 236 Å². The maximum absolute atomic E-state index is 12.6. The summed E-state index contributed by atoms with van der Waals surface area (Å²) in [6.07, 6.45) is -14.9. The monoisotopic (exact) mass is 650 g/mol. The largest absolute Gasteiger partial charge is 0.391 e. The number of hydrogen-bond donors (Lipinski definition) is 6. The van der Waals surface area contributed by atoms with Crippen molar-refractivity contribution < 1.29 is 70.1 Å². The van der Waals surface area contributed by atoms with Crippen LogP contribution in [0.25, 0.3) is 0 Å². The molecule has 0 radical (unpaired) electrons. The standard InChI is InChI=1S/C26H34O15S2/c1-14-3-7-16(8-4-14)42(33,34)37-11-18-20(28)22(30)23(31)25(39-18)41-26(13-27)24(32)21(29)19(40-26)12-38-43(35,36)17-9-5-15(2)6-10-17/h3-10,18-25,27-32H,11-13H2,1-2H3. The third kappa shape index (κ3) is 7.25. The van der Waals surface area contributed by atoms with Crippen LogP contribution in [0, 0.1) is 13.8 Å². The maximum atomic E-state index is 12.6. The van der Waals surface area contributed by atoms with Gasteiger partial charge in [0.05, 0.1) is 23.0 Å². The number of benzene rings is 2. The highest BCUT2D eigenvalue weighted by Gasteiger charge is 2.58. The van der Waals surface area contributed by atoms with Gasteiger partial charge in [-0.2, -0.15) is 16.8 Å². The van der Waals surface area contributed by atoms with Crippen LogP contribution in [0.3, 0.4) is 0 Å². The number of rotatable bonds is 11. The predicted octanol–water partition coefficient (Wildman–Crippen LogP) is -1.95. The first-order valence-corrected chi connectivity index (χ1v) is 15.9. The van der Waals surface area contributed by atoms with Gasteiger partial charge in [-0.3, -0.25) is 8.37 Å². The number of aliphatic hydroxyl groups excluding tert-OH is 6. The molecule has 0 aromatic heterocycles. The summed E-state index contributed by atoms with van der Waals surface area (Å²) in [6.45, 7) is 0.683. The fourth-order valence-corrected chi connectivity index (χ4v) is 6.30. The van der Waals surface area contributed by atoms with E-state index in [1.54, 1.807) is 26.0 Å². The van der Waals surface area contributed by atoms with Crippen LogP contribution >= 0.6 is 0 Å². The number of aryl methyl sites for hydroxylation is 2. The summed E-state index contributed by atoms with van der Waals surface area (Å²) in [6, 6.07) is 11.4. The van der Waals surface area contributed by atoms with Gasteiger partial charge in [-0.25, -0.2) is 0 Å². The molecule has 15 nitrogen and oxygen atoms in total. The van der Waals surface area contributed by atoms with Crippen molar-refractivity contribution in [1.29, 1.82) is 0 Å². The third-order valence-electron chi connectivity index (χ3n) is 7.10. The highest BCUT2D eigenvalue weighted by Crippen LogP contribution is 2.36. The molecule has 6 N–H and O–H groups in total. The van der Waals surface area contributed by atoms with Crippen LogP contribution in [0.4, 0.5) is 0 Å². The molecule has 9 atom stereocenters. The summed E-state index contributed by atoms with van der Waals surface area (Å²) in [4.78, 5) is -0.370. The van der Waals surface area contributed by atoms with Gasteiger partial charge in [-0.15, -0.1) is 0 Å². The number of aliphatic hydroxyl groups is 6. The zero-order valence-electron chi connectivity index (χ0n) is 23.0. The van der Waals surface area contributed by atoms with E-state index in [0.29, 0.717) is 0 Å². The lowest BCUT2D eigenvalue weighted by Crippen LogP contribution is -2.62. The van der Waals surface area contributed by atoms with Gasteiger partial charge in [-0.1, -0.05) is 35.4 Å². The molecule has 2 heterocycles. The molecule has 17 heteroatoms. The summed E-state index contributed by atoms with van der Waals surface area (Å²) >= 11 is 0. The van der Waals surface area contributed by atoms with Gasteiger partial charge in [0.1, 0.15) is 49.3 Å². The number of ether oxygens (including phenoxy) is 3. The quantitative estimate of drug-likeness (QED) is 0.145. The van der Waals surface area contributed by atoms with Gasteiger partial charge in [0.15, 0.2) is 6.29 Å². The van der Waals surface area contributed by atoms with Crippen LogP contribution in [-0.2, 0) is 42.8 Å². The van der Waals surface area contributed by atoms with E-state index in [4.69, 9.17) is 22.6 Å². The molecular weight excluding hydrogens is 616 g/mol. The Morgan fingerprint density at radius 3 is 1.63 bits per heavy atom. The summed E-state index contributed by atoms with van der Waals surface area (Å²) in [5.41, 5.74) is 1.59. The smallest absolute Gasteiger partial charge is 0.297 e. The van der Waals surface area contributed by atoms with Crippen LogP contribution in [0.15, 0.2) is 58.3 Å². The van der Waals surface area contributed by atoms with E-state index in [1.165, 1.54) is 36.4 Å². The number of hydrogen-bond acceptors (Lipinski definition) is 15. The zero-order chi connectivity index (χ0) is 31.7. The summed E-state index contributed by atoms with van der Waals surface area (Å²) < 4.78 is 76.6. The summed E-state index contributed by atoms with van der Waals surface area (Å²) in [5, 5.41) is 62.6. The average molecular weight is 651 g/mol. The Labute approximate surface area is 248 Å². The second-order valence-electron chi connectivity index (χ2n) is 10.3. The Morgan fingerprint density at radius 1 is 0.698 bits per heavy atom. The van der Waals surface area contributed by atoms with Crippen molar-refractivity contribution in [2.45, 2.75) is 78.4 Å². The minimum Gasteiger partial charge on any atom is -0.391 e. The van der Waals surface area contributed by atoms with Crippen molar-refractivity contribution in [3.8, 4) is 0 Å². The van der Waals surface area contributed by atoms with Crippen molar-refractivity contribution in [3.05, 3.63) is 59.7 Å². The van der Waals surface area contributed by atoms with Crippen LogP contribution in [0.5, 0.6) is 0 Å². The molecule has 0 saturated carbocycles. The van der Waals surface area contributed by atoms with Gasteiger partial charge in [0.25, 0.3) is 20.2 Å². The van der Waals surface area contributed by atoms with E-state index in [1.807, 2.05) is 0 Å². The average Bonchev–Trinajstić information content (AvgIpc) is 3.21. The van der Waals surface area contributed by atoms with Crippen molar-refractivity contribution in [1.82, 2.24) is 0 Å². The third-order valence-corrected chi connectivity index (χ3v) is 9.70. The summed E-state index contributed by atoms with van der Waals surface area (Å²) in [7, 11) is -8.64. The molecule has 0 bridgehead atoms. The van der Waals surface area contributed by atoms with Gasteiger partial charge < -0.3 is 44.8 Å². The molecule has 0 amide bonds. The predicted molar refractivity (Wildman–Crippen MR) is 143 cm³/mol. The second-order valence-corrected chi connectivity index (χ2v) is 13.5. The lowest BCUT2D eigenvalue weighted by Gasteiger charge is -2.43. The summed E-state index contributed by atoms with van der Waals surface area (Å²) in [5.74, 6) is -2.53. The maximum Gasteiger partial charge on any atom is 0.297 e. The molecule has 4 rings (SSSR count). The Balaban J connectivity index is 1.45. The van der Waals surface area contributed by atoms with E-state index in [-0.39, 0.29) is 9.79 Å². The molecule has 9 unspecified atom stereocenters. The molecule has 2 fully saturated rings. The van der Waals surface area contributed by atoms with Crippen LogP contribution in [0.1, 0.15) is 11.1 Å². The van der Waals surface area contributed by atoms with Crippen molar-refractivity contribution in [3.63, 3.8) is 0 Å². The van der Waals surface area contributed by atoms with Gasteiger partial charge in [0.2, 0.25) is 5.79 Å². The van der Waals surface area contributed by atoms with E-state index in [9.17, 15) is 47.5 Å². The first-order valence-electron chi connectivity index (χ1n) is 13.0. The Kier molecular flexibility index (Phi) is 10.3. The van der Waals surface area contributed by atoms with Crippen LogP contribution in [-0.4, -0.2) is 122 Å². The van der Waals surface area contributed by atoms with Crippen molar-refractivity contribution >= 4 is 20.2 Å². The fourth-order valence-electron chi connectivity index (χ4n) is 4.46. The van der Waals surface area contributed by atoms with Gasteiger partial charge in [-0.05, 0) is 38.1 Å². The minimum absolute atomic E-state index is 0.181. The van der Waals surface area contributed by atoms with Crippen LogP contribution < -0.4 is 0 Å². The Morgan fingerprint density at radius 2 is 1.16 bits per heavy atom. The molecule has 2 aromatic carbocycles. The van der Waals surface area contributed by atoms with E-state index in [0.717, 1.165) is 11.1 Å². The molecule has 2 saturated heterocycles. The minimum atomic E-state index is -4.33.